The van der Waals surface area contributed by atoms with E-state index in [1.54, 1.807) is 18.2 Å². The average Bonchev–Trinajstić information content (AvgIpc) is 3.01. The van der Waals surface area contributed by atoms with E-state index in [1.165, 1.54) is 0 Å². The fraction of sp³-hybridized carbons (Fsp3) is 0.417. The Morgan fingerprint density at radius 3 is 2.62 bits per heavy atom. The van der Waals surface area contributed by atoms with Gasteiger partial charge in [0.25, 0.3) is 0 Å². The predicted molar refractivity (Wildman–Crippen MR) is 61.4 cm³/mol. The molecular weight excluding hydrogens is 206 g/mol. The molecule has 86 valence electrons. The molecule has 0 aliphatic heterocycles. The molecule has 0 bridgehead atoms. The molecular formula is C12H15NO3. The molecule has 16 heavy (non-hydrogen) atoms. The van der Waals surface area contributed by atoms with Crippen LogP contribution >= 0.6 is 0 Å². The summed E-state index contributed by atoms with van der Waals surface area (Å²) in [7, 11) is 3.82. The van der Waals surface area contributed by atoms with Gasteiger partial charge in [-0.3, -0.25) is 0 Å². The Morgan fingerprint density at radius 2 is 2.12 bits per heavy atom. The van der Waals surface area contributed by atoms with E-state index in [0.29, 0.717) is 5.75 Å². The number of anilines is 1. The average molecular weight is 221 g/mol. The van der Waals surface area contributed by atoms with Gasteiger partial charge in [0.1, 0.15) is 5.75 Å². The van der Waals surface area contributed by atoms with Gasteiger partial charge in [0.15, 0.2) is 0 Å². The molecule has 1 aliphatic carbocycles. The Bertz CT molecular complexity index is 411. The maximum absolute atomic E-state index is 10.9. The molecule has 1 N–H and O–H groups in total. The van der Waals surface area contributed by atoms with Crippen molar-refractivity contribution in [1.82, 2.24) is 0 Å². The lowest BCUT2D eigenvalue weighted by atomic mass is 10.2. The van der Waals surface area contributed by atoms with Gasteiger partial charge in [-0.15, -0.1) is 0 Å². The van der Waals surface area contributed by atoms with Gasteiger partial charge in [0, 0.05) is 14.1 Å². The van der Waals surface area contributed by atoms with Gasteiger partial charge in [-0.1, -0.05) is 0 Å². The van der Waals surface area contributed by atoms with Crippen LogP contribution in [0, 0.1) is 0 Å². The number of rotatable bonds is 4. The van der Waals surface area contributed by atoms with Gasteiger partial charge in [-0.2, -0.15) is 0 Å². The van der Waals surface area contributed by atoms with Crippen LogP contribution in [0.15, 0.2) is 18.2 Å². The lowest BCUT2D eigenvalue weighted by Crippen LogP contribution is -2.12. The maximum Gasteiger partial charge on any atom is 0.335 e. The van der Waals surface area contributed by atoms with Crippen molar-refractivity contribution < 1.29 is 14.6 Å². The van der Waals surface area contributed by atoms with E-state index in [9.17, 15) is 4.79 Å². The van der Waals surface area contributed by atoms with Crippen molar-refractivity contribution in [2.24, 2.45) is 0 Å². The van der Waals surface area contributed by atoms with E-state index in [2.05, 4.69) is 0 Å². The van der Waals surface area contributed by atoms with Crippen molar-refractivity contribution in [3.05, 3.63) is 23.8 Å². The normalized spacial score (nSPS) is 14.6. The molecule has 0 atom stereocenters. The highest BCUT2D eigenvalue weighted by Gasteiger charge is 2.25. The van der Waals surface area contributed by atoms with Crippen molar-refractivity contribution in [1.29, 1.82) is 0 Å². The number of benzene rings is 1. The largest absolute Gasteiger partial charge is 0.488 e. The van der Waals surface area contributed by atoms with Gasteiger partial charge in [0.05, 0.1) is 17.4 Å². The molecule has 2 rings (SSSR count). The van der Waals surface area contributed by atoms with Crippen molar-refractivity contribution in [3.8, 4) is 5.75 Å². The fourth-order valence-electron chi connectivity index (χ4n) is 1.48. The standard InChI is InChI=1S/C12H15NO3/c1-13(2)10-6-3-8(12(14)15)7-11(10)16-9-4-5-9/h3,6-7,9H,4-5H2,1-2H3,(H,14,15). The van der Waals surface area contributed by atoms with Gasteiger partial charge in [0.2, 0.25) is 0 Å². The lowest BCUT2D eigenvalue weighted by Gasteiger charge is -2.18. The van der Waals surface area contributed by atoms with E-state index in [0.717, 1.165) is 18.5 Å². The van der Waals surface area contributed by atoms with Crippen LogP contribution in [0.4, 0.5) is 5.69 Å². The molecule has 0 amide bonds. The first-order chi connectivity index (χ1) is 7.58. The monoisotopic (exact) mass is 221 g/mol. The van der Waals surface area contributed by atoms with Crippen LogP contribution in [-0.2, 0) is 0 Å². The molecule has 4 nitrogen and oxygen atoms in total. The van der Waals surface area contributed by atoms with Crippen LogP contribution in [0.3, 0.4) is 0 Å². The van der Waals surface area contributed by atoms with Crippen molar-refractivity contribution >= 4 is 11.7 Å². The predicted octanol–water partition coefficient (Wildman–Crippen LogP) is 1.99. The third kappa shape index (κ3) is 2.27. The third-order valence-electron chi connectivity index (χ3n) is 2.51. The highest BCUT2D eigenvalue weighted by atomic mass is 16.5. The molecule has 1 aromatic carbocycles. The zero-order valence-electron chi connectivity index (χ0n) is 9.43. The molecule has 0 saturated heterocycles. The zero-order valence-corrected chi connectivity index (χ0v) is 9.43. The van der Waals surface area contributed by atoms with Crippen molar-refractivity contribution in [3.63, 3.8) is 0 Å². The van der Waals surface area contributed by atoms with Crippen LogP contribution in [0.1, 0.15) is 23.2 Å². The quantitative estimate of drug-likeness (QED) is 0.844. The molecule has 1 saturated carbocycles. The number of aromatic carboxylic acids is 1. The van der Waals surface area contributed by atoms with Crippen LogP contribution in [0.5, 0.6) is 5.75 Å². The molecule has 1 fully saturated rings. The van der Waals surface area contributed by atoms with Crippen LogP contribution in [0.2, 0.25) is 0 Å². The van der Waals surface area contributed by atoms with Gasteiger partial charge in [-0.25, -0.2) is 4.79 Å². The highest BCUT2D eigenvalue weighted by molar-refractivity contribution is 5.89. The number of carbonyl (C=O) groups is 1. The Balaban J connectivity index is 2.33. The molecule has 0 aromatic heterocycles. The smallest absolute Gasteiger partial charge is 0.335 e. The molecule has 1 aliphatic rings. The Hall–Kier alpha value is -1.71. The molecule has 0 spiro atoms. The molecule has 1 aromatic rings. The highest BCUT2D eigenvalue weighted by Crippen LogP contribution is 2.34. The number of nitrogens with zero attached hydrogens (tertiary/aromatic N) is 1. The summed E-state index contributed by atoms with van der Waals surface area (Å²) in [6, 6.07) is 4.97. The molecule has 0 heterocycles. The molecule has 4 heteroatoms. The summed E-state index contributed by atoms with van der Waals surface area (Å²) >= 11 is 0. The van der Waals surface area contributed by atoms with E-state index >= 15 is 0 Å². The zero-order chi connectivity index (χ0) is 11.7. The summed E-state index contributed by atoms with van der Waals surface area (Å²) in [5, 5.41) is 8.92. The second-order valence-electron chi connectivity index (χ2n) is 4.20. The van der Waals surface area contributed by atoms with E-state index in [4.69, 9.17) is 9.84 Å². The Labute approximate surface area is 94.4 Å². The number of carboxylic acids is 1. The van der Waals surface area contributed by atoms with E-state index in [1.807, 2.05) is 19.0 Å². The van der Waals surface area contributed by atoms with Crippen LogP contribution < -0.4 is 9.64 Å². The summed E-state index contributed by atoms with van der Waals surface area (Å²) in [5.41, 5.74) is 1.18. The Kier molecular flexibility index (Phi) is 2.73. The fourth-order valence-corrected chi connectivity index (χ4v) is 1.48. The summed E-state index contributed by atoms with van der Waals surface area (Å²) in [6.07, 6.45) is 2.39. The topological polar surface area (TPSA) is 49.8 Å². The summed E-state index contributed by atoms with van der Waals surface area (Å²) in [6.45, 7) is 0. The molecule has 0 unspecified atom stereocenters. The van der Waals surface area contributed by atoms with Gasteiger partial charge < -0.3 is 14.7 Å². The minimum absolute atomic E-state index is 0.265. The first-order valence-corrected chi connectivity index (χ1v) is 5.29. The third-order valence-corrected chi connectivity index (χ3v) is 2.51. The van der Waals surface area contributed by atoms with Gasteiger partial charge >= 0.3 is 5.97 Å². The lowest BCUT2D eigenvalue weighted by molar-refractivity contribution is 0.0696. The van der Waals surface area contributed by atoms with Crippen LogP contribution in [0.25, 0.3) is 0 Å². The maximum atomic E-state index is 10.9. The number of hydrogen-bond acceptors (Lipinski definition) is 3. The molecule has 0 radical (unpaired) electrons. The number of ether oxygens (including phenoxy) is 1. The Morgan fingerprint density at radius 1 is 1.44 bits per heavy atom. The summed E-state index contributed by atoms with van der Waals surface area (Å²) < 4.78 is 5.70. The summed E-state index contributed by atoms with van der Waals surface area (Å²) in [4.78, 5) is 12.8. The summed E-state index contributed by atoms with van der Waals surface area (Å²) in [5.74, 6) is -0.265. The van der Waals surface area contributed by atoms with Crippen molar-refractivity contribution in [2.75, 3.05) is 19.0 Å². The van der Waals surface area contributed by atoms with Crippen molar-refractivity contribution in [2.45, 2.75) is 18.9 Å². The minimum atomic E-state index is -0.925. The SMILES string of the molecule is CN(C)c1ccc(C(=O)O)cc1OC1CC1. The van der Waals surface area contributed by atoms with E-state index < -0.39 is 5.97 Å². The van der Waals surface area contributed by atoms with Gasteiger partial charge in [-0.05, 0) is 31.0 Å². The first-order valence-electron chi connectivity index (χ1n) is 5.29. The van der Waals surface area contributed by atoms with Crippen LogP contribution in [-0.4, -0.2) is 31.3 Å². The minimum Gasteiger partial charge on any atom is -0.488 e. The number of hydrogen-bond donors (Lipinski definition) is 1. The number of carboxylic acid groups (broad SMARTS) is 1. The second-order valence-corrected chi connectivity index (χ2v) is 4.20. The van der Waals surface area contributed by atoms with E-state index in [-0.39, 0.29) is 11.7 Å². The first kappa shape index (κ1) is 10.8. The second kappa shape index (κ2) is 4.04.